The Labute approximate surface area is 158 Å². The molecule has 1 aliphatic rings. The molecule has 0 radical (unpaired) electrons. The van der Waals surface area contributed by atoms with Crippen LogP contribution in [0.25, 0.3) is 0 Å². The van der Waals surface area contributed by atoms with Gasteiger partial charge in [0.15, 0.2) is 12.7 Å². The Balaban J connectivity index is 1.55. The third-order valence-electron chi connectivity index (χ3n) is 4.52. The average Bonchev–Trinajstić information content (AvgIpc) is 3.01. The van der Waals surface area contributed by atoms with E-state index in [1.54, 1.807) is 43.2 Å². The highest BCUT2D eigenvalue weighted by atomic mass is 16.6. The van der Waals surface area contributed by atoms with Crippen LogP contribution in [-0.4, -0.2) is 37.7 Å². The fraction of sp³-hybridized carbons (Fsp3) is 0.333. The van der Waals surface area contributed by atoms with Crippen molar-refractivity contribution in [1.82, 2.24) is 0 Å². The summed E-state index contributed by atoms with van der Waals surface area (Å²) < 4.78 is 15.7. The normalized spacial score (nSPS) is 16.4. The predicted octanol–water partition coefficient (Wildman–Crippen LogP) is 2.98. The van der Waals surface area contributed by atoms with Crippen LogP contribution in [0.4, 0.5) is 5.69 Å². The summed E-state index contributed by atoms with van der Waals surface area (Å²) in [7, 11) is 1.57. The first-order valence-corrected chi connectivity index (χ1v) is 8.87. The summed E-state index contributed by atoms with van der Waals surface area (Å²) >= 11 is 0. The number of nitrogens with zero attached hydrogens (tertiary/aromatic N) is 1. The van der Waals surface area contributed by atoms with Gasteiger partial charge >= 0.3 is 5.97 Å². The van der Waals surface area contributed by atoms with Crippen LogP contribution >= 0.6 is 0 Å². The number of para-hydroxylation sites is 1. The zero-order valence-corrected chi connectivity index (χ0v) is 15.7. The second-order valence-corrected chi connectivity index (χ2v) is 6.49. The van der Waals surface area contributed by atoms with Gasteiger partial charge in [0.2, 0.25) is 0 Å². The average molecular weight is 369 g/mol. The molecule has 3 rings (SSSR count). The first kappa shape index (κ1) is 18.8. The van der Waals surface area contributed by atoms with Gasteiger partial charge in [-0.2, -0.15) is 0 Å². The molecule has 0 N–H and O–H groups in total. The van der Waals surface area contributed by atoms with Crippen LogP contribution in [0.15, 0.2) is 48.5 Å². The maximum absolute atomic E-state index is 12.8. The van der Waals surface area contributed by atoms with Gasteiger partial charge in [-0.05, 0) is 56.2 Å². The SMILES string of the molecule is COc1ccc(OCC(=O)O[C@H](C)C(=O)N2c3ccccc3C[C@H]2C)cc1. The number of carbonyl (C=O) groups is 2. The molecule has 0 aromatic heterocycles. The van der Waals surface area contributed by atoms with Crippen molar-refractivity contribution in [3.8, 4) is 11.5 Å². The highest BCUT2D eigenvalue weighted by Gasteiger charge is 2.34. The molecular formula is C21H23NO5. The van der Waals surface area contributed by atoms with E-state index in [9.17, 15) is 9.59 Å². The lowest BCUT2D eigenvalue weighted by atomic mass is 10.1. The summed E-state index contributed by atoms with van der Waals surface area (Å²) in [6, 6.07) is 14.7. The van der Waals surface area contributed by atoms with E-state index in [4.69, 9.17) is 14.2 Å². The quantitative estimate of drug-likeness (QED) is 0.733. The van der Waals surface area contributed by atoms with Gasteiger partial charge in [-0.3, -0.25) is 4.79 Å². The molecule has 0 aliphatic carbocycles. The zero-order chi connectivity index (χ0) is 19.4. The minimum absolute atomic E-state index is 0.0339. The molecule has 6 nitrogen and oxygen atoms in total. The molecule has 1 amide bonds. The lowest BCUT2D eigenvalue weighted by Gasteiger charge is -2.25. The standard InChI is InChI=1S/C21H23NO5/c1-14-12-16-6-4-5-7-19(16)22(14)21(24)15(2)27-20(23)13-26-18-10-8-17(25-3)9-11-18/h4-11,14-15H,12-13H2,1-3H3/t14-,15-/m1/s1. The molecule has 1 heterocycles. The lowest BCUT2D eigenvalue weighted by Crippen LogP contribution is -2.43. The van der Waals surface area contributed by atoms with E-state index < -0.39 is 12.1 Å². The van der Waals surface area contributed by atoms with Crippen molar-refractivity contribution in [3.05, 3.63) is 54.1 Å². The lowest BCUT2D eigenvalue weighted by molar-refractivity contribution is -0.155. The number of ether oxygens (including phenoxy) is 3. The first-order valence-electron chi connectivity index (χ1n) is 8.87. The molecule has 0 spiro atoms. The third kappa shape index (κ3) is 4.22. The zero-order valence-electron chi connectivity index (χ0n) is 15.7. The maximum atomic E-state index is 12.8. The first-order chi connectivity index (χ1) is 13.0. The van der Waals surface area contributed by atoms with E-state index in [1.165, 1.54) is 0 Å². The Kier molecular flexibility index (Phi) is 5.64. The molecule has 0 unspecified atom stereocenters. The van der Waals surface area contributed by atoms with Crippen LogP contribution in [0.5, 0.6) is 11.5 Å². The minimum Gasteiger partial charge on any atom is -0.497 e. The highest BCUT2D eigenvalue weighted by Crippen LogP contribution is 2.32. The number of benzene rings is 2. The van der Waals surface area contributed by atoms with Crippen LogP contribution in [-0.2, 0) is 20.7 Å². The van der Waals surface area contributed by atoms with E-state index >= 15 is 0 Å². The smallest absolute Gasteiger partial charge is 0.344 e. The summed E-state index contributed by atoms with van der Waals surface area (Å²) in [6.07, 6.45) is -0.0889. The largest absolute Gasteiger partial charge is 0.497 e. The minimum atomic E-state index is -0.884. The van der Waals surface area contributed by atoms with Crippen LogP contribution < -0.4 is 14.4 Å². The monoisotopic (exact) mass is 369 g/mol. The molecule has 0 saturated carbocycles. The summed E-state index contributed by atoms with van der Waals surface area (Å²) in [5.74, 6) is 0.398. The van der Waals surface area contributed by atoms with Crippen molar-refractivity contribution in [3.63, 3.8) is 0 Å². The summed E-state index contributed by atoms with van der Waals surface area (Å²) in [6.45, 7) is 3.30. The van der Waals surface area contributed by atoms with Gasteiger partial charge in [0, 0.05) is 11.7 Å². The van der Waals surface area contributed by atoms with Gasteiger partial charge < -0.3 is 19.1 Å². The topological polar surface area (TPSA) is 65.1 Å². The van der Waals surface area contributed by atoms with Crippen LogP contribution in [0.1, 0.15) is 19.4 Å². The number of amides is 1. The molecule has 27 heavy (non-hydrogen) atoms. The second kappa shape index (κ2) is 8.12. The molecule has 1 aliphatic heterocycles. The van der Waals surface area contributed by atoms with Gasteiger partial charge in [-0.25, -0.2) is 4.79 Å². The molecule has 0 saturated heterocycles. The van der Waals surface area contributed by atoms with Gasteiger partial charge in [-0.1, -0.05) is 18.2 Å². The number of rotatable bonds is 6. The van der Waals surface area contributed by atoms with Crippen LogP contribution in [0.3, 0.4) is 0 Å². The maximum Gasteiger partial charge on any atom is 0.344 e. The Morgan fingerprint density at radius 3 is 2.48 bits per heavy atom. The van der Waals surface area contributed by atoms with Gasteiger partial charge in [0.05, 0.1) is 7.11 Å². The fourth-order valence-corrected chi connectivity index (χ4v) is 3.19. The van der Waals surface area contributed by atoms with E-state index in [0.717, 1.165) is 17.7 Å². The second-order valence-electron chi connectivity index (χ2n) is 6.49. The summed E-state index contributed by atoms with van der Waals surface area (Å²) in [4.78, 5) is 26.6. The predicted molar refractivity (Wildman–Crippen MR) is 101 cm³/mol. The molecule has 142 valence electrons. The molecule has 0 bridgehead atoms. The molecule has 6 heteroatoms. The molecule has 2 aromatic rings. The third-order valence-corrected chi connectivity index (χ3v) is 4.52. The van der Waals surface area contributed by atoms with Crippen molar-refractivity contribution in [2.24, 2.45) is 0 Å². The Hall–Kier alpha value is -3.02. The molecule has 0 fully saturated rings. The number of esters is 1. The van der Waals surface area contributed by atoms with Crippen molar-refractivity contribution >= 4 is 17.6 Å². The molecule has 2 atom stereocenters. The van der Waals surface area contributed by atoms with Crippen molar-refractivity contribution in [2.75, 3.05) is 18.6 Å². The van der Waals surface area contributed by atoms with Gasteiger partial charge in [0.25, 0.3) is 5.91 Å². The van der Waals surface area contributed by atoms with Crippen molar-refractivity contribution in [2.45, 2.75) is 32.4 Å². The van der Waals surface area contributed by atoms with Crippen LogP contribution in [0.2, 0.25) is 0 Å². The van der Waals surface area contributed by atoms with Gasteiger partial charge in [-0.15, -0.1) is 0 Å². The van der Waals surface area contributed by atoms with Crippen molar-refractivity contribution in [1.29, 1.82) is 0 Å². The number of anilines is 1. The van der Waals surface area contributed by atoms with Crippen LogP contribution in [0, 0.1) is 0 Å². The Morgan fingerprint density at radius 2 is 1.78 bits per heavy atom. The Bertz CT molecular complexity index is 818. The fourth-order valence-electron chi connectivity index (χ4n) is 3.19. The number of carbonyl (C=O) groups excluding carboxylic acids is 2. The van der Waals surface area contributed by atoms with Gasteiger partial charge in [0.1, 0.15) is 11.5 Å². The van der Waals surface area contributed by atoms with E-state index in [-0.39, 0.29) is 18.6 Å². The van der Waals surface area contributed by atoms with E-state index in [0.29, 0.717) is 11.5 Å². The molecular weight excluding hydrogens is 346 g/mol. The number of fused-ring (bicyclic) bond motifs is 1. The summed E-state index contributed by atoms with van der Waals surface area (Å²) in [5, 5.41) is 0. The molecule has 2 aromatic carbocycles. The number of methoxy groups -OCH3 is 1. The Morgan fingerprint density at radius 1 is 1.11 bits per heavy atom. The summed E-state index contributed by atoms with van der Waals surface area (Å²) in [5.41, 5.74) is 2.01. The van der Waals surface area contributed by atoms with Crippen molar-refractivity contribution < 1.29 is 23.8 Å². The highest BCUT2D eigenvalue weighted by molar-refractivity contribution is 5.99. The van der Waals surface area contributed by atoms with E-state index in [1.807, 2.05) is 31.2 Å². The number of hydrogen-bond donors (Lipinski definition) is 0. The van der Waals surface area contributed by atoms with E-state index in [2.05, 4.69) is 0 Å². The number of hydrogen-bond acceptors (Lipinski definition) is 5.